The summed E-state index contributed by atoms with van der Waals surface area (Å²) in [4.78, 5) is 0. The molecule has 1 nitrogen and oxygen atoms in total. The maximum Gasteiger partial charge on any atom is 0.0685 e. The SMILES string of the molecule is CCC(C)C(C)(O)Cc1cccc2ccccc12. The predicted octanol–water partition coefficient (Wildman–Crippen LogP) is 4.18. The van der Waals surface area contributed by atoms with Gasteiger partial charge in [-0.1, -0.05) is 62.7 Å². The van der Waals surface area contributed by atoms with Crippen molar-refractivity contribution in [2.75, 3.05) is 0 Å². The van der Waals surface area contributed by atoms with E-state index in [1.165, 1.54) is 16.3 Å². The van der Waals surface area contributed by atoms with Gasteiger partial charge in [-0.15, -0.1) is 0 Å². The van der Waals surface area contributed by atoms with E-state index in [1.807, 2.05) is 6.92 Å². The van der Waals surface area contributed by atoms with E-state index in [-0.39, 0.29) is 0 Å². The first-order valence-electron chi connectivity index (χ1n) is 6.73. The second-order valence-electron chi connectivity index (χ2n) is 5.48. The zero-order valence-electron chi connectivity index (χ0n) is 11.5. The van der Waals surface area contributed by atoms with Gasteiger partial charge in [-0.3, -0.25) is 0 Å². The van der Waals surface area contributed by atoms with Crippen LogP contribution in [0.2, 0.25) is 0 Å². The van der Waals surface area contributed by atoms with Gasteiger partial charge in [0.1, 0.15) is 0 Å². The molecule has 0 aromatic heterocycles. The Morgan fingerprint density at radius 1 is 1.11 bits per heavy atom. The van der Waals surface area contributed by atoms with E-state index in [1.54, 1.807) is 0 Å². The molecule has 2 aromatic carbocycles. The van der Waals surface area contributed by atoms with Crippen molar-refractivity contribution in [1.82, 2.24) is 0 Å². The average molecular weight is 242 g/mol. The van der Waals surface area contributed by atoms with Gasteiger partial charge in [0.05, 0.1) is 5.60 Å². The third-order valence-corrected chi connectivity index (χ3v) is 4.10. The van der Waals surface area contributed by atoms with Crippen LogP contribution in [-0.4, -0.2) is 10.7 Å². The van der Waals surface area contributed by atoms with Crippen molar-refractivity contribution in [3.8, 4) is 0 Å². The van der Waals surface area contributed by atoms with Gasteiger partial charge in [0, 0.05) is 6.42 Å². The lowest BCUT2D eigenvalue weighted by Crippen LogP contribution is -2.34. The smallest absolute Gasteiger partial charge is 0.0685 e. The number of benzene rings is 2. The molecule has 0 saturated carbocycles. The predicted molar refractivity (Wildman–Crippen MR) is 77.7 cm³/mol. The zero-order chi connectivity index (χ0) is 13.2. The third-order valence-electron chi connectivity index (χ3n) is 4.10. The van der Waals surface area contributed by atoms with Gasteiger partial charge >= 0.3 is 0 Å². The molecule has 0 saturated heterocycles. The van der Waals surface area contributed by atoms with Gasteiger partial charge in [0.2, 0.25) is 0 Å². The van der Waals surface area contributed by atoms with E-state index in [2.05, 4.69) is 56.3 Å². The van der Waals surface area contributed by atoms with E-state index >= 15 is 0 Å². The fourth-order valence-electron chi connectivity index (χ4n) is 2.45. The molecule has 0 spiro atoms. The quantitative estimate of drug-likeness (QED) is 0.852. The second-order valence-corrected chi connectivity index (χ2v) is 5.48. The first-order chi connectivity index (χ1) is 8.54. The molecule has 96 valence electrons. The van der Waals surface area contributed by atoms with E-state index in [0.717, 1.165) is 6.42 Å². The highest BCUT2D eigenvalue weighted by molar-refractivity contribution is 5.85. The molecule has 2 unspecified atom stereocenters. The molecule has 0 aliphatic rings. The molecule has 2 aromatic rings. The van der Waals surface area contributed by atoms with E-state index in [4.69, 9.17) is 0 Å². The zero-order valence-corrected chi connectivity index (χ0v) is 11.5. The lowest BCUT2D eigenvalue weighted by molar-refractivity contribution is 0.00545. The normalized spacial score (nSPS) is 16.4. The Morgan fingerprint density at radius 3 is 2.50 bits per heavy atom. The lowest BCUT2D eigenvalue weighted by Gasteiger charge is -2.30. The highest BCUT2D eigenvalue weighted by Crippen LogP contribution is 2.28. The summed E-state index contributed by atoms with van der Waals surface area (Å²) in [6.07, 6.45) is 1.71. The van der Waals surface area contributed by atoms with E-state index < -0.39 is 5.60 Å². The Labute approximate surface area is 109 Å². The summed E-state index contributed by atoms with van der Waals surface area (Å²) in [5, 5.41) is 13.1. The Morgan fingerprint density at radius 2 is 1.78 bits per heavy atom. The minimum absolute atomic E-state index is 0.302. The summed E-state index contributed by atoms with van der Waals surface area (Å²) < 4.78 is 0. The fourth-order valence-corrected chi connectivity index (χ4v) is 2.45. The molecule has 0 heterocycles. The summed E-state index contributed by atoms with van der Waals surface area (Å²) in [7, 11) is 0. The van der Waals surface area contributed by atoms with Crippen LogP contribution in [-0.2, 0) is 6.42 Å². The van der Waals surface area contributed by atoms with Gasteiger partial charge in [0.25, 0.3) is 0 Å². The van der Waals surface area contributed by atoms with Crippen LogP contribution in [0.25, 0.3) is 10.8 Å². The third kappa shape index (κ3) is 2.56. The van der Waals surface area contributed by atoms with Gasteiger partial charge in [-0.05, 0) is 29.2 Å². The number of hydrogen-bond donors (Lipinski definition) is 1. The fraction of sp³-hybridized carbons (Fsp3) is 0.412. The maximum absolute atomic E-state index is 10.6. The Hall–Kier alpha value is -1.34. The van der Waals surface area contributed by atoms with Crippen LogP contribution in [0.4, 0.5) is 0 Å². The van der Waals surface area contributed by atoms with Crippen molar-refractivity contribution in [1.29, 1.82) is 0 Å². The molecule has 0 radical (unpaired) electrons. The highest BCUT2D eigenvalue weighted by atomic mass is 16.3. The molecule has 0 amide bonds. The van der Waals surface area contributed by atoms with Crippen molar-refractivity contribution >= 4 is 10.8 Å². The van der Waals surface area contributed by atoms with E-state index in [0.29, 0.717) is 12.3 Å². The van der Waals surface area contributed by atoms with Crippen molar-refractivity contribution in [3.63, 3.8) is 0 Å². The molecule has 18 heavy (non-hydrogen) atoms. The van der Waals surface area contributed by atoms with Gasteiger partial charge < -0.3 is 5.11 Å². The number of rotatable bonds is 4. The first kappa shape index (κ1) is 13.1. The van der Waals surface area contributed by atoms with Gasteiger partial charge in [0.15, 0.2) is 0 Å². The number of hydrogen-bond acceptors (Lipinski definition) is 1. The molecule has 1 N–H and O–H groups in total. The summed E-state index contributed by atoms with van der Waals surface area (Å²) >= 11 is 0. The maximum atomic E-state index is 10.6. The summed E-state index contributed by atoms with van der Waals surface area (Å²) in [5.41, 5.74) is 0.595. The van der Waals surface area contributed by atoms with Crippen LogP contribution in [0, 0.1) is 5.92 Å². The van der Waals surface area contributed by atoms with Crippen LogP contribution < -0.4 is 0 Å². The summed E-state index contributed by atoms with van der Waals surface area (Å²) in [5.74, 6) is 0.302. The molecule has 0 fully saturated rings. The van der Waals surface area contributed by atoms with Crippen LogP contribution in [0.15, 0.2) is 42.5 Å². The molecular formula is C17H22O. The van der Waals surface area contributed by atoms with Crippen molar-refractivity contribution < 1.29 is 5.11 Å². The minimum atomic E-state index is -0.640. The molecule has 2 atom stereocenters. The average Bonchev–Trinajstić information content (AvgIpc) is 2.38. The number of fused-ring (bicyclic) bond motifs is 1. The first-order valence-corrected chi connectivity index (χ1v) is 6.73. The van der Waals surface area contributed by atoms with Crippen LogP contribution in [0.5, 0.6) is 0 Å². The Kier molecular flexibility index (Phi) is 3.72. The minimum Gasteiger partial charge on any atom is -0.390 e. The highest BCUT2D eigenvalue weighted by Gasteiger charge is 2.27. The second kappa shape index (κ2) is 5.11. The van der Waals surface area contributed by atoms with Gasteiger partial charge in [-0.2, -0.15) is 0 Å². The molecule has 0 aliphatic heterocycles. The largest absolute Gasteiger partial charge is 0.390 e. The lowest BCUT2D eigenvalue weighted by atomic mass is 9.82. The van der Waals surface area contributed by atoms with Crippen molar-refractivity contribution in [2.45, 2.75) is 39.2 Å². The molecule has 2 rings (SSSR count). The van der Waals surface area contributed by atoms with Crippen LogP contribution >= 0.6 is 0 Å². The standard InChI is InChI=1S/C17H22O/c1-4-13(2)17(3,18)12-15-10-7-9-14-8-5-6-11-16(14)15/h5-11,13,18H,4,12H2,1-3H3. The van der Waals surface area contributed by atoms with Crippen molar-refractivity contribution in [3.05, 3.63) is 48.0 Å². The molecule has 0 bridgehead atoms. The van der Waals surface area contributed by atoms with Crippen molar-refractivity contribution in [2.24, 2.45) is 5.92 Å². The summed E-state index contributed by atoms with van der Waals surface area (Å²) in [6, 6.07) is 14.7. The topological polar surface area (TPSA) is 20.2 Å². The van der Waals surface area contributed by atoms with E-state index in [9.17, 15) is 5.11 Å². The molecule has 0 aliphatic carbocycles. The van der Waals surface area contributed by atoms with Gasteiger partial charge in [-0.25, -0.2) is 0 Å². The number of aliphatic hydroxyl groups is 1. The molecule has 1 heteroatoms. The Bertz CT molecular complexity index is 523. The monoisotopic (exact) mass is 242 g/mol. The van der Waals surface area contributed by atoms with Crippen LogP contribution in [0.1, 0.15) is 32.8 Å². The summed E-state index contributed by atoms with van der Waals surface area (Å²) in [6.45, 7) is 6.19. The molecular weight excluding hydrogens is 220 g/mol. The Balaban J connectivity index is 2.38. The van der Waals surface area contributed by atoms with Crippen LogP contribution in [0.3, 0.4) is 0 Å².